The summed E-state index contributed by atoms with van der Waals surface area (Å²) in [4.78, 5) is 0. The van der Waals surface area contributed by atoms with Gasteiger partial charge in [-0.1, -0.05) is 0 Å². The third-order valence-electron chi connectivity index (χ3n) is 2.68. The third-order valence-corrected chi connectivity index (χ3v) is 2.68. The van der Waals surface area contributed by atoms with E-state index in [2.05, 4.69) is 0 Å². The van der Waals surface area contributed by atoms with E-state index in [0.29, 0.717) is 30.3 Å². The maximum Gasteiger partial charge on any atom is 0.187 e. The Balaban J connectivity index is 3.02. The van der Waals surface area contributed by atoms with Gasteiger partial charge < -0.3 is 24.1 Å². The molecule has 5 nitrogen and oxygen atoms in total. The van der Waals surface area contributed by atoms with Crippen molar-refractivity contribution in [3.8, 4) is 11.5 Å². The molecule has 1 N–H and O–H groups in total. The van der Waals surface area contributed by atoms with Gasteiger partial charge >= 0.3 is 0 Å². The maximum atomic E-state index is 10.4. The zero-order chi connectivity index (χ0) is 14.3. The lowest BCUT2D eigenvalue weighted by Gasteiger charge is -2.24. The second-order valence-corrected chi connectivity index (χ2v) is 3.83. The quantitative estimate of drug-likeness (QED) is 0.733. The van der Waals surface area contributed by atoms with Crippen molar-refractivity contribution in [2.24, 2.45) is 0 Å². The number of hydrogen-bond acceptors (Lipinski definition) is 5. The molecule has 0 bridgehead atoms. The molecule has 19 heavy (non-hydrogen) atoms. The van der Waals surface area contributed by atoms with Crippen molar-refractivity contribution in [2.75, 3.05) is 27.4 Å². The Bertz CT molecular complexity index is 374. The molecule has 1 aromatic carbocycles. The molecule has 1 aromatic rings. The Labute approximate surface area is 114 Å². The van der Waals surface area contributed by atoms with Crippen LogP contribution >= 0.6 is 0 Å². The van der Waals surface area contributed by atoms with Gasteiger partial charge in [-0.2, -0.15) is 0 Å². The van der Waals surface area contributed by atoms with E-state index in [1.54, 1.807) is 32.4 Å². The molecule has 0 spiro atoms. The van der Waals surface area contributed by atoms with Gasteiger partial charge in [-0.15, -0.1) is 0 Å². The van der Waals surface area contributed by atoms with E-state index in [1.807, 2.05) is 13.8 Å². The molecule has 1 unspecified atom stereocenters. The van der Waals surface area contributed by atoms with E-state index in [9.17, 15) is 5.11 Å². The summed E-state index contributed by atoms with van der Waals surface area (Å²) in [6.07, 6.45) is -1.67. The van der Waals surface area contributed by atoms with Gasteiger partial charge in [0.25, 0.3) is 0 Å². The first-order valence-electron chi connectivity index (χ1n) is 6.31. The molecule has 0 aliphatic heterocycles. The maximum absolute atomic E-state index is 10.4. The van der Waals surface area contributed by atoms with Crippen LogP contribution in [-0.4, -0.2) is 38.8 Å². The van der Waals surface area contributed by atoms with E-state index in [4.69, 9.17) is 18.9 Å². The first-order chi connectivity index (χ1) is 9.17. The standard InChI is InChI=1S/C14H22O5/c1-5-18-14(19-6-2)13(15)11-9-10(16-3)7-8-12(11)17-4/h7-9,13-15H,5-6H2,1-4H3. The normalized spacial score (nSPS) is 12.5. The number of benzene rings is 1. The summed E-state index contributed by atoms with van der Waals surface area (Å²) in [5.41, 5.74) is 0.578. The molecule has 1 rings (SSSR count). The third kappa shape index (κ3) is 4.09. The largest absolute Gasteiger partial charge is 0.497 e. The molecule has 0 saturated carbocycles. The van der Waals surface area contributed by atoms with Gasteiger partial charge in [-0.3, -0.25) is 0 Å². The second-order valence-electron chi connectivity index (χ2n) is 3.83. The number of rotatable bonds is 8. The van der Waals surface area contributed by atoms with Crippen LogP contribution < -0.4 is 9.47 Å². The number of hydrogen-bond donors (Lipinski definition) is 1. The zero-order valence-corrected chi connectivity index (χ0v) is 11.9. The van der Waals surface area contributed by atoms with Crippen molar-refractivity contribution in [3.63, 3.8) is 0 Å². The average Bonchev–Trinajstić information content (AvgIpc) is 2.45. The van der Waals surface area contributed by atoms with Gasteiger partial charge in [-0.25, -0.2) is 0 Å². The lowest BCUT2D eigenvalue weighted by atomic mass is 10.1. The molecule has 0 aliphatic carbocycles. The van der Waals surface area contributed by atoms with Gasteiger partial charge in [0.15, 0.2) is 6.29 Å². The van der Waals surface area contributed by atoms with E-state index in [0.717, 1.165) is 0 Å². The predicted molar refractivity (Wildman–Crippen MR) is 71.5 cm³/mol. The molecule has 1 atom stereocenters. The Kier molecular flexibility index (Phi) is 6.62. The average molecular weight is 270 g/mol. The molecule has 108 valence electrons. The number of methoxy groups -OCH3 is 2. The Morgan fingerprint density at radius 2 is 1.68 bits per heavy atom. The van der Waals surface area contributed by atoms with Crippen LogP contribution in [0, 0.1) is 0 Å². The Morgan fingerprint density at radius 1 is 1.05 bits per heavy atom. The fourth-order valence-electron chi connectivity index (χ4n) is 1.78. The first-order valence-corrected chi connectivity index (χ1v) is 6.31. The summed E-state index contributed by atoms with van der Waals surface area (Å²) >= 11 is 0. The summed E-state index contributed by atoms with van der Waals surface area (Å²) < 4.78 is 21.2. The van der Waals surface area contributed by atoms with Crippen LogP contribution in [-0.2, 0) is 9.47 Å². The van der Waals surface area contributed by atoms with Crippen molar-refractivity contribution in [2.45, 2.75) is 26.2 Å². The van der Waals surface area contributed by atoms with E-state index < -0.39 is 12.4 Å². The SMILES string of the molecule is CCOC(OCC)C(O)c1cc(OC)ccc1OC. The summed E-state index contributed by atoms with van der Waals surface area (Å²) in [6.45, 7) is 4.60. The predicted octanol–water partition coefficient (Wildman–Crippen LogP) is 2.14. The lowest BCUT2D eigenvalue weighted by molar-refractivity contribution is -0.191. The van der Waals surface area contributed by atoms with E-state index in [1.165, 1.54) is 0 Å². The van der Waals surface area contributed by atoms with Crippen LogP contribution in [0.4, 0.5) is 0 Å². The minimum Gasteiger partial charge on any atom is -0.497 e. The van der Waals surface area contributed by atoms with Gasteiger partial charge in [0, 0.05) is 18.8 Å². The number of ether oxygens (including phenoxy) is 4. The highest BCUT2D eigenvalue weighted by Crippen LogP contribution is 2.32. The van der Waals surface area contributed by atoms with Crippen LogP contribution in [0.15, 0.2) is 18.2 Å². The summed E-state index contributed by atoms with van der Waals surface area (Å²) in [7, 11) is 3.12. The smallest absolute Gasteiger partial charge is 0.187 e. The van der Waals surface area contributed by atoms with Crippen LogP contribution in [0.1, 0.15) is 25.5 Å². The minimum atomic E-state index is -0.940. The molecule has 5 heteroatoms. The Morgan fingerprint density at radius 3 is 2.16 bits per heavy atom. The number of aliphatic hydroxyl groups is 1. The van der Waals surface area contributed by atoms with Crippen LogP contribution in [0.25, 0.3) is 0 Å². The molecule has 0 aromatic heterocycles. The lowest BCUT2D eigenvalue weighted by Crippen LogP contribution is -2.26. The minimum absolute atomic E-state index is 0.452. The molecule has 0 heterocycles. The van der Waals surface area contributed by atoms with E-state index in [-0.39, 0.29) is 0 Å². The van der Waals surface area contributed by atoms with Gasteiger partial charge in [0.2, 0.25) is 0 Å². The van der Waals surface area contributed by atoms with Crippen molar-refractivity contribution in [1.29, 1.82) is 0 Å². The summed E-state index contributed by atoms with van der Waals surface area (Å²) in [5, 5.41) is 10.4. The van der Waals surface area contributed by atoms with Crippen LogP contribution in [0.2, 0.25) is 0 Å². The van der Waals surface area contributed by atoms with Crippen LogP contribution in [0.3, 0.4) is 0 Å². The fourth-order valence-corrected chi connectivity index (χ4v) is 1.78. The Hall–Kier alpha value is -1.30. The fraction of sp³-hybridized carbons (Fsp3) is 0.571. The molecule has 0 fully saturated rings. The van der Waals surface area contributed by atoms with Crippen molar-refractivity contribution < 1.29 is 24.1 Å². The van der Waals surface area contributed by atoms with Crippen molar-refractivity contribution in [3.05, 3.63) is 23.8 Å². The monoisotopic (exact) mass is 270 g/mol. The van der Waals surface area contributed by atoms with Gasteiger partial charge in [0.05, 0.1) is 14.2 Å². The first kappa shape index (κ1) is 15.8. The van der Waals surface area contributed by atoms with Crippen molar-refractivity contribution >= 4 is 0 Å². The zero-order valence-electron chi connectivity index (χ0n) is 11.9. The molecule has 0 amide bonds. The summed E-state index contributed by atoms with van der Waals surface area (Å²) in [6, 6.07) is 5.23. The highest BCUT2D eigenvalue weighted by atomic mass is 16.7. The van der Waals surface area contributed by atoms with Crippen LogP contribution in [0.5, 0.6) is 11.5 Å². The summed E-state index contributed by atoms with van der Waals surface area (Å²) in [5.74, 6) is 1.21. The highest BCUT2D eigenvalue weighted by molar-refractivity contribution is 5.41. The van der Waals surface area contributed by atoms with E-state index >= 15 is 0 Å². The topological polar surface area (TPSA) is 57.2 Å². The molecule has 0 saturated heterocycles. The molecule has 0 aliphatic rings. The van der Waals surface area contributed by atoms with Gasteiger partial charge in [-0.05, 0) is 32.0 Å². The molecular weight excluding hydrogens is 248 g/mol. The highest BCUT2D eigenvalue weighted by Gasteiger charge is 2.25. The number of aliphatic hydroxyl groups excluding tert-OH is 1. The van der Waals surface area contributed by atoms with Gasteiger partial charge in [0.1, 0.15) is 17.6 Å². The molecule has 0 radical (unpaired) electrons. The second kappa shape index (κ2) is 7.99. The molecular formula is C14H22O5. The van der Waals surface area contributed by atoms with Crippen molar-refractivity contribution in [1.82, 2.24) is 0 Å².